The van der Waals surface area contributed by atoms with Crippen LogP contribution in [0.15, 0.2) is 42.8 Å². The number of para-hydroxylation sites is 1. The molecule has 1 N–H and O–H groups in total. The van der Waals surface area contributed by atoms with Gasteiger partial charge in [-0.15, -0.1) is 5.06 Å². The number of benzene rings is 1. The van der Waals surface area contributed by atoms with Gasteiger partial charge in [0.05, 0.1) is 5.69 Å². The van der Waals surface area contributed by atoms with E-state index in [1.54, 1.807) is 12.1 Å². The number of hydrogen-bond donors (Lipinski definition) is 1. The van der Waals surface area contributed by atoms with Crippen molar-refractivity contribution in [1.29, 1.82) is 0 Å². The summed E-state index contributed by atoms with van der Waals surface area (Å²) in [7, 11) is 0. The van der Waals surface area contributed by atoms with E-state index in [-0.39, 0.29) is 11.9 Å². The van der Waals surface area contributed by atoms with Crippen LogP contribution in [0.1, 0.15) is 0 Å². The number of nitrogens with zero attached hydrogens (tertiary/aromatic N) is 1. The molecule has 0 aliphatic carbocycles. The van der Waals surface area contributed by atoms with Crippen molar-refractivity contribution in [3.8, 4) is 0 Å². The number of nitrogens with one attached hydrogen (secondary N) is 1. The summed E-state index contributed by atoms with van der Waals surface area (Å²) in [5, 5.41) is 3.59. The summed E-state index contributed by atoms with van der Waals surface area (Å²) in [6.07, 6.45) is 0. The van der Waals surface area contributed by atoms with E-state index in [1.807, 2.05) is 18.2 Å². The number of rotatable bonds is 1. The standard InChI is InChI=1S/C9H8N2O2/c1-7-10-9(12)11(13-7)8-5-3-2-4-6-8/h2-6H,1H2,(H,10,12). The van der Waals surface area contributed by atoms with Gasteiger partial charge in [-0.2, -0.15) is 0 Å². The number of amides is 2. The highest BCUT2D eigenvalue weighted by Gasteiger charge is 2.26. The third-order valence-corrected chi connectivity index (χ3v) is 1.62. The van der Waals surface area contributed by atoms with Gasteiger partial charge in [-0.3, -0.25) is 5.32 Å². The van der Waals surface area contributed by atoms with Crippen LogP contribution in [0, 0.1) is 0 Å². The molecule has 0 spiro atoms. The molecule has 1 aromatic carbocycles. The zero-order valence-electron chi connectivity index (χ0n) is 6.86. The predicted molar refractivity (Wildman–Crippen MR) is 47.7 cm³/mol. The molecule has 66 valence electrons. The van der Waals surface area contributed by atoms with Crippen LogP contribution in [-0.4, -0.2) is 6.03 Å². The molecule has 0 bridgehead atoms. The largest absolute Gasteiger partial charge is 0.362 e. The van der Waals surface area contributed by atoms with Crippen LogP contribution in [0.5, 0.6) is 0 Å². The zero-order valence-corrected chi connectivity index (χ0v) is 6.86. The van der Waals surface area contributed by atoms with Gasteiger partial charge in [-0.25, -0.2) is 4.79 Å². The first-order valence-electron chi connectivity index (χ1n) is 3.80. The number of hydroxylamine groups is 1. The maximum Gasteiger partial charge on any atom is 0.362 e. The molecular formula is C9H8N2O2. The molecule has 0 unspecified atom stereocenters. The van der Waals surface area contributed by atoms with Crippen LogP contribution in [0.4, 0.5) is 10.5 Å². The Morgan fingerprint density at radius 1 is 1.31 bits per heavy atom. The summed E-state index contributed by atoms with van der Waals surface area (Å²) in [6.45, 7) is 3.48. The fourth-order valence-corrected chi connectivity index (χ4v) is 1.08. The minimum Gasteiger partial charge on any atom is -0.353 e. The molecular weight excluding hydrogens is 168 g/mol. The monoisotopic (exact) mass is 176 g/mol. The van der Waals surface area contributed by atoms with Crippen LogP contribution in [0.25, 0.3) is 0 Å². The molecule has 4 nitrogen and oxygen atoms in total. The van der Waals surface area contributed by atoms with Crippen molar-refractivity contribution in [2.45, 2.75) is 0 Å². The van der Waals surface area contributed by atoms with E-state index in [0.717, 1.165) is 5.06 Å². The lowest BCUT2D eigenvalue weighted by Crippen LogP contribution is -2.26. The zero-order chi connectivity index (χ0) is 9.26. The Hall–Kier alpha value is -1.97. The van der Waals surface area contributed by atoms with Crippen molar-refractivity contribution in [1.82, 2.24) is 5.32 Å². The Labute approximate surface area is 75.4 Å². The Morgan fingerprint density at radius 2 is 2.00 bits per heavy atom. The van der Waals surface area contributed by atoms with Crippen molar-refractivity contribution in [2.75, 3.05) is 5.06 Å². The number of anilines is 1. The van der Waals surface area contributed by atoms with Crippen LogP contribution < -0.4 is 10.4 Å². The molecule has 2 rings (SSSR count). The van der Waals surface area contributed by atoms with Crippen molar-refractivity contribution in [3.63, 3.8) is 0 Å². The lowest BCUT2D eigenvalue weighted by Gasteiger charge is -2.11. The summed E-state index contributed by atoms with van der Waals surface area (Å²) in [5.41, 5.74) is 0.679. The van der Waals surface area contributed by atoms with Crippen molar-refractivity contribution >= 4 is 11.7 Å². The van der Waals surface area contributed by atoms with E-state index >= 15 is 0 Å². The molecule has 1 aliphatic heterocycles. The maximum atomic E-state index is 11.2. The summed E-state index contributed by atoms with van der Waals surface area (Å²) in [4.78, 5) is 16.3. The number of carbonyl (C=O) groups excluding carboxylic acids is 1. The average Bonchev–Trinajstić information content (AvgIpc) is 2.47. The highest BCUT2D eigenvalue weighted by molar-refractivity contribution is 5.92. The number of carbonyl (C=O) groups is 1. The van der Waals surface area contributed by atoms with Gasteiger partial charge in [0.1, 0.15) is 0 Å². The van der Waals surface area contributed by atoms with Crippen LogP contribution in [0.3, 0.4) is 0 Å². The Balaban J connectivity index is 2.28. The first-order valence-corrected chi connectivity index (χ1v) is 3.80. The Morgan fingerprint density at radius 3 is 2.54 bits per heavy atom. The smallest absolute Gasteiger partial charge is 0.353 e. The average molecular weight is 176 g/mol. The summed E-state index contributed by atoms with van der Waals surface area (Å²) in [5.74, 6) is 0.244. The van der Waals surface area contributed by atoms with Gasteiger partial charge in [0.25, 0.3) is 0 Å². The van der Waals surface area contributed by atoms with Gasteiger partial charge < -0.3 is 4.84 Å². The van der Waals surface area contributed by atoms with Gasteiger partial charge in [-0.05, 0) is 18.7 Å². The molecule has 1 aliphatic rings. The molecule has 0 aromatic heterocycles. The second-order valence-corrected chi connectivity index (χ2v) is 2.57. The summed E-state index contributed by atoms with van der Waals surface area (Å²) in [6, 6.07) is 8.75. The van der Waals surface area contributed by atoms with E-state index in [4.69, 9.17) is 4.84 Å². The molecule has 1 saturated heterocycles. The highest BCUT2D eigenvalue weighted by Crippen LogP contribution is 2.18. The van der Waals surface area contributed by atoms with Crippen molar-refractivity contribution < 1.29 is 9.63 Å². The van der Waals surface area contributed by atoms with Crippen LogP contribution in [-0.2, 0) is 4.84 Å². The fourth-order valence-electron chi connectivity index (χ4n) is 1.08. The normalized spacial score (nSPS) is 15.5. The van der Waals surface area contributed by atoms with Crippen molar-refractivity contribution in [3.05, 3.63) is 42.8 Å². The third-order valence-electron chi connectivity index (χ3n) is 1.62. The molecule has 0 radical (unpaired) electrons. The Bertz CT molecular complexity index is 348. The molecule has 1 fully saturated rings. The molecule has 1 heterocycles. The second kappa shape index (κ2) is 2.82. The van der Waals surface area contributed by atoms with Crippen LogP contribution >= 0.6 is 0 Å². The maximum absolute atomic E-state index is 11.2. The van der Waals surface area contributed by atoms with E-state index in [9.17, 15) is 4.79 Å². The Kier molecular flexibility index (Phi) is 1.66. The first kappa shape index (κ1) is 7.67. The van der Waals surface area contributed by atoms with E-state index in [0.29, 0.717) is 5.69 Å². The summed E-state index contributed by atoms with van der Waals surface area (Å²) < 4.78 is 0. The first-order chi connectivity index (χ1) is 6.27. The van der Waals surface area contributed by atoms with Gasteiger partial charge in [0.2, 0.25) is 5.88 Å². The fraction of sp³-hybridized carbons (Fsp3) is 0. The van der Waals surface area contributed by atoms with E-state index in [2.05, 4.69) is 11.9 Å². The molecule has 0 saturated carbocycles. The highest BCUT2D eigenvalue weighted by atomic mass is 16.7. The van der Waals surface area contributed by atoms with Gasteiger partial charge in [0.15, 0.2) is 0 Å². The van der Waals surface area contributed by atoms with Crippen LogP contribution in [0.2, 0.25) is 0 Å². The molecule has 1 aromatic rings. The minimum atomic E-state index is -0.323. The lowest BCUT2D eigenvalue weighted by molar-refractivity contribution is 0.212. The molecule has 2 amide bonds. The van der Waals surface area contributed by atoms with Gasteiger partial charge >= 0.3 is 6.03 Å². The van der Waals surface area contributed by atoms with E-state index in [1.165, 1.54) is 0 Å². The quantitative estimate of drug-likeness (QED) is 0.706. The molecule has 4 heteroatoms. The third kappa shape index (κ3) is 1.33. The van der Waals surface area contributed by atoms with Gasteiger partial charge in [0, 0.05) is 0 Å². The molecule has 0 atom stereocenters. The minimum absolute atomic E-state index is 0.244. The van der Waals surface area contributed by atoms with Crippen molar-refractivity contribution in [2.24, 2.45) is 0 Å². The second-order valence-electron chi connectivity index (χ2n) is 2.57. The summed E-state index contributed by atoms with van der Waals surface area (Å²) >= 11 is 0. The predicted octanol–water partition coefficient (Wildman–Crippen LogP) is 1.62. The SMILES string of the molecule is C=C1NC(=O)N(c2ccccc2)O1. The topological polar surface area (TPSA) is 41.6 Å². The molecule has 13 heavy (non-hydrogen) atoms. The number of hydrogen-bond acceptors (Lipinski definition) is 2. The van der Waals surface area contributed by atoms with Gasteiger partial charge in [-0.1, -0.05) is 18.2 Å². The van der Waals surface area contributed by atoms with E-state index < -0.39 is 0 Å². The lowest BCUT2D eigenvalue weighted by atomic mass is 10.3. The number of urea groups is 1.